The summed E-state index contributed by atoms with van der Waals surface area (Å²) in [4.78, 5) is 53.3. The van der Waals surface area contributed by atoms with E-state index in [4.69, 9.17) is 4.74 Å². The van der Waals surface area contributed by atoms with E-state index in [9.17, 15) is 19.2 Å². The summed E-state index contributed by atoms with van der Waals surface area (Å²) in [6.45, 7) is 11.6. The molecule has 1 aliphatic heterocycles. The lowest BCUT2D eigenvalue weighted by molar-refractivity contribution is -0.158. The third-order valence-corrected chi connectivity index (χ3v) is 7.25. The van der Waals surface area contributed by atoms with Crippen molar-refractivity contribution >= 4 is 23.7 Å². The van der Waals surface area contributed by atoms with Gasteiger partial charge in [0, 0.05) is 6.42 Å². The van der Waals surface area contributed by atoms with Crippen LogP contribution in [0.1, 0.15) is 79.2 Å². The summed E-state index contributed by atoms with van der Waals surface area (Å²) >= 11 is 0. The summed E-state index contributed by atoms with van der Waals surface area (Å²) in [5.74, 6) is -2.24. The maximum Gasteiger partial charge on any atom is 0.329 e. The Morgan fingerprint density at radius 3 is 2.14 bits per heavy atom. The lowest BCUT2D eigenvalue weighted by Gasteiger charge is -2.29. The predicted octanol–water partition coefficient (Wildman–Crippen LogP) is 3.53. The number of hydrogen-bond donors (Lipinski definition) is 3. The SMILES string of the molecule is CCCCC(C)C1CC(=O)N[C@@H](C(C)C)C(=O)N[C@@H](Cc2ccccc2)C(=O)NC([C@@H](C)CC)C(=O)O1. The van der Waals surface area contributed by atoms with E-state index in [-0.39, 0.29) is 36.5 Å². The summed E-state index contributed by atoms with van der Waals surface area (Å²) in [5, 5.41) is 8.54. The van der Waals surface area contributed by atoms with Gasteiger partial charge in [-0.1, -0.05) is 91.1 Å². The summed E-state index contributed by atoms with van der Waals surface area (Å²) in [6.07, 6.45) is 2.93. The molecule has 3 unspecified atom stereocenters. The third kappa shape index (κ3) is 9.17. The van der Waals surface area contributed by atoms with Gasteiger partial charge in [-0.2, -0.15) is 0 Å². The highest BCUT2D eigenvalue weighted by Crippen LogP contribution is 2.21. The van der Waals surface area contributed by atoms with E-state index in [2.05, 4.69) is 22.9 Å². The maximum absolute atomic E-state index is 13.5. The number of hydrogen-bond acceptors (Lipinski definition) is 5. The molecular formula is C29H45N3O5. The van der Waals surface area contributed by atoms with Gasteiger partial charge < -0.3 is 20.7 Å². The first-order valence-corrected chi connectivity index (χ1v) is 13.7. The Kier molecular flexibility index (Phi) is 12.1. The van der Waals surface area contributed by atoms with Crippen molar-refractivity contribution in [3.63, 3.8) is 0 Å². The minimum absolute atomic E-state index is 0.0399. The fourth-order valence-electron chi connectivity index (χ4n) is 4.49. The number of unbranched alkanes of at least 4 members (excludes halogenated alkanes) is 1. The molecule has 1 heterocycles. The molecule has 8 nitrogen and oxygen atoms in total. The minimum atomic E-state index is -0.924. The molecule has 0 radical (unpaired) electrons. The highest BCUT2D eigenvalue weighted by atomic mass is 16.5. The number of carbonyl (C=O) groups excluding carboxylic acids is 4. The van der Waals surface area contributed by atoms with Crippen LogP contribution in [-0.4, -0.2) is 47.9 Å². The molecule has 6 atom stereocenters. The van der Waals surface area contributed by atoms with Crippen LogP contribution >= 0.6 is 0 Å². The molecule has 37 heavy (non-hydrogen) atoms. The first-order valence-electron chi connectivity index (χ1n) is 13.7. The quantitative estimate of drug-likeness (QED) is 0.436. The molecule has 3 N–H and O–H groups in total. The van der Waals surface area contributed by atoms with Crippen LogP contribution in [-0.2, 0) is 30.3 Å². The normalized spacial score (nSPS) is 25.5. The van der Waals surface area contributed by atoms with Gasteiger partial charge in [0.25, 0.3) is 0 Å². The number of ether oxygens (including phenoxy) is 1. The predicted molar refractivity (Wildman–Crippen MR) is 143 cm³/mol. The van der Waals surface area contributed by atoms with Crippen LogP contribution in [0.15, 0.2) is 30.3 Å². The molecule has 3 amide bonds. The van der Waals surface area contributed by atoms with Crippen LogP contribution in [0, 0.1) is 17.8 Å². The van der Waals surface area contributed by atoms with Crippen molar-refractivity contribution in [2.45, 2.75) is 104 Å². The van der Waals surface area contributed by atoms with Crippen LogP contribution in [0.25, 0.3) is 0 Å². The van der Waals surface area contributed by atoms with Crippen LogP contribution in [0.3, 0.4) is 0 Å². The summed E-state index contributed by atoms with van der Waals surface area (Å²) < 4.78 is 5.93. The molecule has 0 bridgehead atoms. The average molecular weight is 516 g/mol. The fourth-order valence-corrected chi connectivity index (χ4v) is 4.49. The average Bonchev–Trinajstić information content (AvgIpc) is 2.87. The van der Waals surface area contributed by atoms with E-state index in [1.165, 1.54) is 0 Å². The molecule has 1 saturated heterocycles. The van der Waals surface area contributed by atoms with Crippen molar-refractivity contribution < 1.29 is 23.9 Å². The Morgan fingerprint density at radius 1 is 0.865 bits per heavy atom. The van der Waals surface area contributed by atoms with Gasteiger partial charge in [-0.15, -0.1) is 0 Å². The molecule has 0 aliphatic carbocycles. The second-order valence-electron chi connectivity index (χ2n) is 10.7. The van der Waals surface area contributed by atoms with Gasteiger partial charge in [0.1, 0.15) is 24.2 Å². The molecule has 0 saturated carbocycles. The van der Waals surface area contributed by atoms with Gasteiger partial charge in [0.2, 0.25) is 17.7 Å². The molecule has 0 spiro atoms. The van der Waals surface area contributed by atoms with Crippen LogP contribution < -0.4 is 16.0 Å². The highest BCUT2D eigenvalue weighted by Gasteiger charge is 2.36. The lowest BCUT2D eigenvalue weighted by atomic mass is 9.94. The van der Waals surface area contributed by atoms with Gasteiger partial charge in [-0.3, -0.25) is 14.4 Å². The first-order chi connectivity index (χ1) is 17.6. The summed E-state index contributed by atoms with van der Waals surface area (Å²) in [5.41, 5.74) is 0.866. The first kappa shape index (κ1) is 30.3. The summed E-state index contributed by atoms with van der Waals surface area (Å²) in [7, 11) is 0. The second-order valence-corrected chi connectivity index (χ2v) is 10.7. The molecule has 206 valence electrons. The van der Waals surface area contributed by atoms with Crippen molar-refractivity contribution in [1.29, 1.82) is 0 Å². The number of carbonyl (C=O) groups is 4. The van der Waals surface area contributed by atoms with E-state index < -0.39 is 42.0 Å². The van der Waals surface area contributed by atoms with Crippen molar-refractivity contribution in [2.75, 3.05) is 0 Å². The molecule has 8 heteroatoms. The Morgan fingerprint density at radius 2 is 1.54 bits per heavy atom. The van der Waals surface area contributed by atoms with E-state index in [1.54, 1.807) is 0 Å². The van der Waals surface area contributed by atoms with E-state index in [0.717, 1.165) is 24.8 Å². The molecule has 2 rings (SSSR count). The largest absolute Gasteiger partial charge is 0.460 e. The highest BCUT2D eigenvalue weighted by molar-refractivity contribution is 5.94. The molecule has 1 fully saturated rings. The van der Waals surface area contributed by atoms with E-state index >= 15 is 0 Å². The van der Waals surface area contributed by atoms with Gasteiger partial charge >= 0.3 is 5.97 Å². The fraction of sp³-hybridized carbons (Fsp3) is 0.655. The van der Waals surface area contributed by atoms with Crippen LogP contribution in [0.2, 0.25) is 0 Å². The number of esters is 1. The van der Waals surface area contributed by atoms with Crippen molar-refractivity contribution in [2.24, 2.45) is 17.8 Å². The van der Waals surface area contributed by atoms with Gasteiger partial charge in [0.05, 0.1) is 6.42 Å². The van der Waals surface area contributed by atoms with Crippen molar-refractivity contribution in [3.05, 3.63) is 35.9 Å². The molecule has 1 aromatic rings. The smallest absolute Gasteiger partial charge is 0.329 e. The second kappa shape index (κ2) is 14.7. The monoisotopic (exact) mass is 515 g/mol. The number of benzene rings is 1. The van der Waals surface area contributed by atoms with Gasteiger partial charge in [-0.05, 0) is 29.7 Å². The minimum Gasteiger partial charge on any atom is -0.460 e. The Hall–Kier alpha value is -2.90. The van der Waals surface area contributed by atoms with E-state index in [0.29, 0.717) is 6.42 Å². The number of rotatable bonds is 9. The number of nitrogens with one attached hydrogen (secondary N) is 3. The summed E-state index contributed by atoms with van der Waals surface area (Å²) in [6, 6.07) is 6.73. The van der Waals surface area contributed by atoms with Crippen molar-refractivity contribution in [3.8, 4) is 0 Å². The maximum atomic E-state index is 13.5. The molecule has 0 aromatic heterocycles. The lowest BCUT2D eigenvalue weighted by Crippen LogP contribution is -2.58. The Labute approximate surface area is 221 Å². The molecule has 1 aliphatic rings. The molecular weight excluding hydrogens is 470 g/mol. The zero-order chi connectivity index (χ0) is 27.5. The Balaban J connectivity index is 2.46. The zero-order valence-corrected chi connectivity index (χ0v) is 23.2. The van der Waals surface area contributed by atoms with Crippen LogP contribution in [0.4, 0.5) is 0 Å². The van der Waals surface area contributed by atoms with Gasteiger partial charge in [0.15, 0.2) is 0 Å². The zero-order valence-electron chi connectivity index (χ0n) is 23.2. The number of cyclic esters (lactones) is 1. The van der Waals surface area contributed by atoms with E-state index in [1.807, 2.05) is 65.0 Å². The topological polar surface area (TPSA) is 114 Å². The van der Waals surface area contributed by atoms with Gasteiger partial charge in [-0.25, -0.2) is 4.79 Å². The number of amides is 3. The van der Waals surface area contributed by atoms with Crippen molar-refractivity contribution in [1.82, 2.24) is 16.0 Å². The Bertz CT molecular complexity index is 904. The standard InChI is InChI=1S/C29H45N3O5/c1-7-9-13-20(6)23-17-24(33)31-25(18(3)4)28(35)30-22(16-21-14-11-10-12-15-21)27(34)32-26(19(5)8-2)29(36)37-23/h10-12,14-15,18-20,22-23,25-26H,7-9,13,16-17H2,1-6H3,(H,30,35)(H,31,33)(H,32,34)/t19-,20?,22-,23?,25-,26?/m0/s1. The third-order valence-electron chi connectivity index (χ3n) is 7.25. The molecule has 1 aromatic carbocycles. The van der Waals surface area contributed by atoms with Crippen LogP contribution in [0.5, 0.6) is 0 Å².